The van der Waals surface area contributed by atoms with E-state index in [0.717, 1.165) is 16.0 Å². The fourth-order valence-corrected chi connectivity index (χ4v) is 1.39. The predicted octanol–water partition coefficient (Wildman–Crippen LogP) is -4.20. The van der Waals surface area contributed by atoms with Gasteiger partial charge in [0.1, 0.15) is 6.09 Å². The first-order valence-corrected chi connectivity index (χ1v) is 5.03. The molecule has 0 N–H and O–H groups in total. The van der Waals surface area contributed by atoms with Crippen LogP contribution < -0.4 is 47.7 Å². The van der Waals surface area contributed by atoms with Crippen LogP contribution >= 0.6 is 0 Å². The van der Waals surface area contributed by atoms with Gasteiger partial charge in [0.15, 0.2) is 0 Å². The molecule has 0 atom stereocenters. The van der Waals surface area contributed by atoms with Crippen LogP contribution in [0, 0.1) is 6.92 Å². The first-order valence-electron chi connectivity index (χ1n) is 5.03. The van der Waals surface area contributed by atoms with E-state index in [2.05, 4.69) is 6.92 Å². The second-order valence-corrected chi connectivity index (χ2v) is 3.71. The molecule has 0 aromatic heterocycles. The van der Waals surface area contributed by atoms with Crippen molar-refractivity contribution in [2.45, 2.75) is 13.3 Å². The summed E-state index contributed by atoms with van der Waals surface area (Å²) in [7, 11) is 1.48. The Morgan fingerprint density at radius 3 is 2.44 bits per heavy atom. The van der Waals surface area contributed by atoms with Crippen LogP contribution in [-0.2, 0) is 6.42 Å². The molecular weight excluding hydrogens is 216 g/mol. The molecule has 86 valence electrons. The van der Waals surface area contributed by atoms with Crippen molar-refractivity contribution >= 4 is 11.8 Å². The van der Waals surface area contributed by atoms with Gasteiger partial charge in [-0.2, -0.15) is 0 Å². The molecule has 0 bridgehead atoms. The Morgan fingerprint density at radius 2 is 1.94 bits per heavy atom. The Bertz CT molecular complexity index is 415. The minimum atomic E-state index is -1.21. The number of benzene rings is 1. The molecule has 1 aromatic rings. The van der Waals surface area contributed by atoms with Crippen LogP contribution in [0.15, 0.2) is 35.9 Å². The maximum Gasteiger partial charge on any atom is 1.00 e. The van der Waals surface area contributed by atoms with Crippen molar-refractivity contribution < 1.29 is 47.6 Å². The number of carbonyl (C=O) groups is 1. The summed E-state index contributed by atoms with van der Waals surface area (Å²) in [4.78, 5) is 11.9. The number of carbonyl (C=O) groups excluding carboxylic acids is 1. The van der Waals surface area contributed by atoms with Crippen LogP contribution in [0.1, 0.15) is 12.5 Å². The van der Waals surface area contributed by atoms with Crippen LogP contribution in [0.4, 0.5) is 10.5 Å². The molecule has 0 radical (unpaired) electrons. The van der Waals surface area contributed by atoms with E-state index >= 15 is 0 Å². The molecule has 5 heteroatoms. The Balaban J connectivity index is 0. The quantitative estimate of drug-likeness (QED) is 0.391. The van der Waals surface area contributed by atoms with Crippen molar-refractivity contribution in [3.63, 3.8) is 0 Å². The van der Waals surface area contributed by atoms with Crippen molar-refractivity contribution in [3.05, 3.63) is 48.4 Å². The zero-order valence-electron chi connectivity index (χ0n) is 11.6. The van der Waals surface area contributed by atoms with E-state index in [4.69, 9.17) is 0 Å². The second kappa shape index (κ2) is 9.25. The van der Waals surface area contributed by atoms with Crippen LogP contribution in [0.3, 0.4) is 0 Å². The molecule has 1 rings (SSSR count). The van der Waals surface area contributed by atoms with E-state index in [0.29, 0.717) is 12.1 Å². The van der Waals surface area contributed by atoms with Crippen LogP contribution in [0.25, 0.3) is 0 Å². The summed E-state index contributed by atoms with van der Waals surface area (Å²) < 4.78 is 0. The van der Waals surface area contributed by atoms with E-state index in [1.807, 2.05) is 25.1 Å². The number of allylic oxidation sites excluding steroid dienone is 2. The fourth-order valence-electron chi connectivity index (χ4n) is 1.39. The van der Waals surface area contributed by atoms with Crippen LogP contribution in [0.2, 0.25) is 0 Å². The number of rotatable bonds is 3. The van der Waals surface area contributed by atoms with Crippen molar-refractivity contribution in [1.82, 2.24) is 0 Å². The number of hydrogen-bond acceptors (Lipinski definition) is 2. The number of carboxylic acid groups (broad SMARTS) is 1. The van der Waals surface area contributed by atoms with Crippen molar-refractivity contribution in [2.24, 2.45) is 0 Å². The van der Waals surface area contributed by atoms with E-state index in [9.17, 15) is 9.90 Å². The van der Waals surface area contributed by atoms with Gasteiger partial charge in [0.05, 0.1) is 0 Å². The van der Waals surface area contributed by atoms with Gasteiger partial charge in [-0.1, -0.05) is 31.5 Å². The van der Waals surface area contributed by atoms with Gasteiger partial charge in [0, 0.05) is 12.7 Å². The maximum atomic E-state index is 10.8. The first kappa shape index (κ1) is 19.6. The van der Waals surface area contributed by atoms with Gasteiger partial charge >= 0.3 is 37.7 Å². The molecule has 1 amide bonds. The number of para-hydroxylation sites is 1. The topological polar surface area (TPSA) is 43.4 Å². The SMILES string of the molecule is [CH2-]/C(C)=C/Cc1ccccc1N(C)C(=O)[O-].[Li+].[Li+]. The molecule has 18 heavy (non-hydrogen) atoms. The predicted molar refractivity (Wildman–Crippen MR) is 63.1 cm³/mol. The standard InChI is InChI=1S/C13H16NO2.2Li/c1-10(2)8-9-11-6-4-5-7-12(11)14(3)13(15)16;;/h4-8H,1,9H2,2-3H3,(H,15,16);;/q-1;2*+1/p-1/b10-8-;;. The van der Waals surface area contributed by atoms with Crippen LogP contribution in [-0.4, -0.2) is 13.1 Å². The zero-order valence-corrected chi connectivity index (χ0v) is 11.6. The Hall–Kier alpha value is -0.705. The van der Waals surface area contributed by atoms with Gasteiger partial charge in [0.2, 0.25) is 0 Å². The normalized spacial score (nSPS) is 10.0. The third-order valence-electron chi connectivity index (χ3n) is 2.30. The molecule has 0 aliphatic rings. The number of amides is 1. The van der Waals surface area contributed by atoms with Gasteiger partial charge in [-0.15, -0.1) is 0 Å². The fraction of sp³-hybridized carbons (Fsp3) is 0.231. The van der Waals surface area contributed by atoms with Crippen LogP contribution in [0.5, 0.6) is 0 Å². The van der Waals surface area contributed by atoms with Gasteiger partial charge in [-0.25, -0.2) is 18.6 Å². The third kappa shape index (κ3) is 5.76. The number of anilines is 1. The van der Waals surface area contributed by atoms with Gasteiger partial charge < -0.3 is 14.8 Å². The molecular formula is C13H15Li2NO2. The van der Waals surface area contributed by atoms with E-state index < -0.39 is 6.09 Å². The van der Waals surface area contributed by atoms with Crippen molar-refractivity contribution in [3.8, 4) is 0 Å². The number of nitrogens with zero attached hydrogens (tertiary/aromatic N) is 1. The number of hydrogen-bond donors (Lipinski definition) is 0. The average molecular weight is 231 g/mol. The summed E-state index contributed by atoms with van der Waals surface area (Å²) in [6.45, 7) is 5.69. The molecule has 0 saturated carbocycles. The summed E-state index contributed by atoms with van der Waals surface area (Å²) in [5.41, 5.74) is 2.56. The summed E-state index contributed by atoms with van der Waals surface area (Å²) in [5.74, 6) is 0. The molecule has 0 spiro atoms. The first-order chi connectivity index (χ1) is 7.52. The average Bonchev–Trinajstić information content (AvgIpc) is 2.25. The molecule has 0 fully saturated rings. The van der Waals surface area contributed by atoms with E-state index in [1.165, 1.54) is 7.05 Å². The third-order valence-corrected chi connectivity index (χ3v) is 2.30. The second-order valence-electron chi connectivity index (χ2n) is 3.71. The van der Waals surface area contributed by atoms with Crippen molar-refractivity contribution in [1.29, 1.82) is 0 Å². The summed E-state index contributed by atoms with van der Waals surface area (Å²) >= 11 is 0. The minimum Gasteiger partial charge on any atom is -0.530 e. The van der Waals surface area contributed by atoms with E-state index in [-0.39, 0.29) is 37.7 Å². The van der Waals surface area contributed by atoms with Crippen molar-refractivity contribution in [2.75, 3.05) is 11.9 Å². The Labute approximate surface area is 133 Å². The van der Waals surface area contributed by atoms with E-state index in [1.54, 1.807) is 12.1 Å². The summed E-state index contributed by atoms with van der Waals surface area (Å²) in [5, 5.41) is 10.8. The molecule has 0 saturated heterocycles. The molecule has 1 aromatic carbocycles. The summed E-state index contributed by atoms with van der Waals surface area (Å²) in [6.07, 6.45) is 1.42. The maximum absolute atomic E-state index is 10.8. The smallest absolute Gasteiger partial charge is 0.530 e. The molecule has 3 nitrogen and oxygen atoms in total. The summed E-state index contributed by atoms with van der Waals surface area (Å²) in [6, 6.07) is 7.35. The molecule has 0 heterocycles. The van der Waals surface area contributed by atoms with Gasteiger partial charge in [0.25, 0.3) is 0 Å². The monoisotopic (exact) mass is 231 g/mol. The molecule has 0 aliphatic carbocycles. The molecule has 0 unspecified atom stereocenters. The zero-order chi connectivity index (χ0) is 12.1. The Kier molecular flexibility index (Phi) is 10.1. The minimum absolute atomic E-state index is 0. The molecule has 0 aliphatic heterocycles. The van der Waals surface area contributed by atoms with Gasteiger partial charge in [-0.05, 0) is 11.6 Å². The largest absolute Gasteiger partial charge is 1.00 e. The van der Waals surface area contributed by atoms with Gasteiger partial charge in [-0.3, -0.25) is 0 Å². The Morgan fingerprint density at radius 1 is 1.39 bits per heavy atom.